The Morgan fingerprint density at radius 3 is 2.47 bits per heavy atom. The maximum atomic E-state index is 13.3. The van der Waals surface area contributed by atoms with Crippen LogP contribution in [0.2, 0.25) is 0 Å². The molecule has 0 spiro atoms. The standard InChI is InChI=1S/C30H38N2O6/c1-3-4-5-18-38-25-9-6-8-23(21-25)27-26(28(33)22-10-12-24(36-2)13-11-22)29(34)30(35)32(27)15-7-14-31-16-19-37-20-17-31/h6,8-13,21,27,33H,3-5,7,14-20H2,1-2H3/b28-26+. The van der Waals surface area contributed by atoms with Crippen LogP contribution in [0.25, 0.3) is 5.76 Å². The van der Waals surface area contributed by atoms with E-state index in [2.05, 4.69) is 11.8 Å². The number of hydrogen-bond donors (Lipinski definition) is 1. The van der Waals surface area contributed by atoms with Crippen LogP contribution < -0.4 is 9.47 Å². The second-order valence-electron chi connectivity index (χ2n) is 9.66. The third-order valence-corrected chi connectivity index (χ3v) is 7.07. The number of carbonyl (C=O) groups excluding carboxylic acids is 2. The molecule has 2 aromatic carbocycles. The van der Waals surface area contributed by atoms with Gasteiger partial charge in [0.25, 0.3) is 11.7 Å². The molecule has 1 amide bonds. The highest BCUT2D eigenvalue weighted by atomic mass is 16.5. The van der Waals surface area contributed by atoms with Crippen LogP contribution in [-0.2, 0) is 14.3 Å². The molecule has 2 aliphatic heterocycles. The zero-order chi connectivity index (χ0) is 26.9. The number of aliphatic hydroxyl groups excluding tert-OH is 1. The van der Waals surface area contributed by atoms with Crippen molar-refractivity contribution < 1.29 is 28.9 Å². The van der Waals surface area contributed by atoms with Gasteiger partial charge in [0.2, 0.25) is 0 Å². The molecule has 0 bridgehead atoms. The van der Waals surface area contributed by atoms with E-state index in [1.807, 2.05) is 24.3 Å². The predicted molar refractivity (Wildman–Crippen MR) is 145 cm³/mol. The Kier molecular flexibility index (Phi) is 9.79. The molecule has 0 radical (unpaired) electrons. The second kappa shape index (κ2) is 13.4. The van der Waals surface area contributed by atoms with E-state index in [-0.39, 0.29) is 11.3 Å². The molecule has 0 aromatic heterocycles. The van der Waals surface area contributed by atoms with Gasteiger partial charge in [0.05, 0.1) is 38.5 Å². The summed E-state index contributed by atoms with van der Waals surface area (Å²) in [5, 5.41) is 11.3. The Bertz CT molecular complexity index is 1120. The summed E-state index contributed by atoms with van der Waals surface area (Å²) in [7, 11) is 1.56. The van der Waals surface area contributed by atoms with E-state index in [4.69, 9.17) is 14.2 Å². The third-order valence-electron chi connectivity index (χ3n) is 7.07. The van der Waals surface area contributed by atoms with Crippen molar-refractivity contribution in [2.24, 2.45) is 0 Å². The molecule has 2 aliphatic rings. The number of Topliss-reactive ketones (excluding diaryl/α,β-unsaturated/α-hetero) is 1. The number of ketones is 1. The van der Waals surface area contributed by atoms with Gasteiger partial charge < -0.3 is 24.2 Å². The highest BCUT2D eigenvalue weighted by Crippen LogP contribution is 2.40. The van der Waals surface area contributed by atoms with E-state index in [9.17, 15) is 14.7 Å². The number of benzene rings is 2. The average molecular weight is 523 g/mol. The number of rotatable bonds is 12. The van der Waals surface area contributed by atoms with Gasteiger partial charge in [-0.25, -0.2) is 0 Å². The number of amides is 1. The lowest BCUT2D eigenvalue weighted by Gasteiger charge is -2.29. The lowest BCUT2D eigenvalue weighted by Crippen LogP contribution is -2.38. The predicted octanol–water partition coefficient (Wildman–Crippen LogP) is 4.41. The fourth-order valence-corrected chi connectivity index (χ4v) is 4.97. The molecule has 204 valence electrons. The first kappa shape index (κ1) is 27.7. The summed E-state index contributed by atoms with van der Waals surface area (Å²) >= 11 is 0. The molecule has 2 heterocycles. The number of nitrogens with zero attached hydrogens (tertiary/aromatic N) is 2. The summed E-state index contributed by atoms with van der Waals surface area (Å²) < 4.78 is 16.6. The molecular formula is C30H38N2O6. The van der Waals surface area contributed by atoms with Gasteiger partial charge in [-0.3, -0.25) is 14.5 Å². The monoisotopic (exact) mass is 522 g/mol. The van der Waals surface area contributed by atoms with E-state index in [0.29, 0.717) is 49.8 Å². The van der Waals surface area contributed by atoms with E-state index < -0.39 is 17.7 Å². The Morgan fingerprint density at radius 2 is 1.76 bits per heavy atom. The summed E-state index contributed by atoms with van der Waals surface area (Å²) in [6, 6.07) is 13.6. The van der Waals surface area contributed by atoms with Crippen LogP contribution in [0.15, 0.2) is 54.1 Å². The zero-order valence-corrected chi connectivity index (χ0v) is 22.4. The molecule has 8 heteroatoms. The summed E-state index contributed by atoms with van der Waals surface area (Å²) in [6.07, 6.45) is 3.86. The number of morpholine rings is 1. The molecule has 1 atom stereocenters. The van der Waals surface area contributed by atoms with Crippen molar-refractivity contribution in [3.05, 3.63) is 65.2 Å². The minimum atomic E-state index is -0.707. The quantitative estimate of drug-likeness (QED) is 0.191. The highest BCUT2D eigenvalue weighted by Gasteiger charge is 2.46. The first-order valence-electron chi connectivity index (χ1n) is 13.5. The van der Waals surface area contributed by atoms with Gasteiger partial charge in [-0.15, -0.1) is 0 Å². The number of likely N-dealkylation sites (tertiary alicyclic amines) is 1. The van der Waals surface area contributed by atoms with Crippen molar-refractivity contribution in [1.82, 2.24) is 9.80 Å². The Morgan fingerprint density at radius 1 is 1.00 bits per heavy atom. The minimum absolute atomic E-state index is 0.0923. The van der Waals surface area contributed by atoms with Crippen molar-refractivity contribution in [3.8, 4) is 11.5 Å². The Balaban J connectivity index is 1.64. The number of ether oxygens (including phenoxy) is 3. The fraction of sp³-hybridized carbons (Fsp3) is 0.467. The summed E-state index contributed by atoms with van der Waals surface area (Å²) in [6.45, 7) is 7.07. The van der Waals surface area contributed by atoms with E-state index in [1.54, 1.807) is 36.3 Å². The topological polar surface area (TPSA) is 88.5 Å². The van der Waals surface area contributed by atoms with Crippen molar-refractivity contribution in [2.45, 2.75) is 38.6 Å². The maximum Gasteiger partial charge on any atom is 0.295 e. The van der Waals surface area contributed by atoms with Crippen LogP contribution in [0.3, 0.4) is 0 Å². The molecule has 2 aromatic rings. The van der Waals surface area contributed by atoms with Crippen LogP contribution in [0.5, 0.6) is 11.5 Å². The lowest BCUT2D eigenvalue weighted by molar-refractivity contribution is -0.140. The van der Waals surface area contributed by atoms with Gasteiger partial charge >= 0.3 is 0 Å². The number of aliphatic hydroxyl groups is 1. The Hall–Kier alpha value is -3.36. The molecule has 8 nitrogen and oxygen atoms in total. The molecule has 1 unspecified atom stereocenters. The first-order valence-corrected chi connectivity index (χ1v) is 13.5. The van der Waals surface area contributed by atoms with Gasteiger partial charge in [-0.2, -0.15) is 0 Å². The van der Waals surface area contributed by atoms with E-state index in [1.165, 1.54) is 0 Å². The molecule has 2 fully saturated rings. The van der Waals surface area contributed by atoms with Gasteiger partial charge in [0.15, 0.2) is 0 Å². The average Bonchev–Trinajstić information content (AvgIpc) is 3.21. The van der Waals surface area contributed by atoms with Crippen molar-refractivity contribution >= 4 is 17.4 Å². The van der Waals surface area contributed by atoms with Crippen LogP contribution in [0.1, 0.15) is 49.8 Å². The van der Waals surface area contributed by atoms with Crippen molar-refractivity contribution in [1.29, 1.82) is 0 Å². The van der Waals surface area contributed by atoms with E-state index in [0.717, 1.165) is 44.5 Å². The summed E-state index contributed by atoms with van der Waals surface area (Å²) in [4.78, 5) is 30.5. The Labute approximate surface area is 224 Å². The lowest BCUT2D eigenvalue weighted by atomic mass is 9.95. The van der Waals surface area contributed by atoms with Crippen molar-refractivity contribution in [3.63, 3.8) is 0 Å². The second-order valence-corrected chi connectivity index (χ2v) is 9.66. The smallest absolute Gasteiger partial charge is 0.295 e. The minimum Gasteiger partial charge on any atom is -0.507 e. The van der Waals surface area contributed by atoms with Gasteiger partial charge in [0.1, 0.15) is 17.3 Å². The number of hydrogen-bond acceptors (Lipinski definition) is 7. The molecule has 38 heavy (non-hydrogen) atoms. The van der Waals surface area contributed by atoms with Gasteiger partial charge in [-0.05, 0) is 54.8 Å². The SMILES string of the molecule is CCCCCOc1cccc(C2/C(=C(\O)c3ccc(OC)cc3)C(=O)C(=O)N2CCCN2CCOCC2)c1. The van der Waals surface area contributed by atoms with Crippen LogP contribution in [0.4, 0.5) is 0 Å². The molecular weight excluding hydrogens is 484 g/mol. The van der Waals surface area contributed by atoms with Crippen LogP contribution in [-0.4, -0.2) is 79.7 Å². The molecule has 0 aliphatic carbocycles. The van der Waals surface area contributed by atoms with Crippen LogP contribution >= 0.6 is 0 Å². The van der Waals surface area contributed by atoms with E-state index >= 15 is 0 Å². The number of carbonyl (C=O) groups is 2. The number of methoxy groups -OCH3 is 1. The molecule has 0 saturated carbocycles. The van der Waals surface area contributed by atoms with Crippen molar-refractivity contribution in [2.75, 3.05) is 53.1 Å². The van der Waals surface area contributed by atoms with Crippen LogP contribution in [0, 0.1) is 0 Å². The molecule has 4 rings (SSSR count). The van der Waals surface area contributed by atoms with Gasteiger partial charge in [-0.1, -0.05) is 31.9 Å². The summed E-state index contributed by atoms with van der Waals surface area (Å²) in [5.74, 6) is -0.150. The molecule has 2 saturated heterocycles. The summed E-state index contributed by atoms with van der Waals surface area (Å²) in [5.41, 5.74) is 1.28. The van der Waals surface area contributed by atoms with Gasteiger partial charge in [0, 0.05) is 31.7 Å². The molecule has 1 N–H and O–H groups in total. The highest BCUT2D eigenvalue weighted by molar-refractivity contribution is 6.46. The normalized spacial score (nSPS) is 19.6. The maximum absolute atomic E-state index is 13.3. The first-order chi connectivity index (χ1) is 18.5. The largest absolute Gasteiger partial charge is 0.507 e. The fourth-order valence-electron chi connectivity index (χ4n) is 4.97. The number of unbranched alkanes of at least 4 members (excludes halogenated alkanes) is 2. The zero-order valence-electron chi connectivity index (χ0n) is 22.4. The third kappa shape index (κ3) is 6.55.